The zero-order valence-corrected chi connectivity index (χ0v) is 11.5. The Bertz CT molecular complexity index is 438. The van der Waals surface area contributed by atoms with Crippen molar-refractivity contribution in [2.75, 3.05) is 13.1 Å². The van der Waals surface area contributed by atoms with Gasteiger partial charge in [0.05, 0.1) is 5.56 Å². The lowest BCUT2D eigenvalue weighted by Crippen LogP contribution is -2.40. The largest absolute Gasteiger partial charge is 0.504 e. The maximum Gasteiger partial charge on any atom is 0.255 e. The zero-order valence-electron chi connectivity index (χ0n) is 11.5. The van der Waals surface area contributed by atoms with Crippen LogP contribution in [0.25, 0.3) is 0 Å². The fraction of sp³-hybridized carbons (Fsp3) is 0.500. The number of aromatic hydroxyl groups is 2. The molecule has 0 fully saturated rings. The fourth-order valence-corrected chi connectivity index (χ4v) is 1.94. The first-order valence-corrected chi connectivity index (χ1v) is 6.82. The Labute approximate surface area is 118 Å². The van der Waals surface area contributed by atoms with Crippen molar-refractivity contribution in [3.8, 4) is 11.5 Å². The summed E-state index contributed by atoms with van der Waals surface area (Å²) in [5.41, 5.74) is 11.1. The lowest BCUT2D eigenvalue weighted by Gasteiger charge is -2.17. The molecule has 1 atom stereocenters. The number of phenols is 2. The van der Waals surface area contributed by atoms with Crippen LogP contribution in [0.3, 0.4) is 0 Å². The highest BCUT2D eigenvalue weighted by Gasteiger charge is 2.17. The third kappa shape index (κ3) is 4.71. The molecule has 1 unspecified atom stereocenters. The van der Waals surface area contributed by atoms with Crippen LogP contribution in [0.2, 0.25) is 0 Å². The first-order valence-electron chi connectivity index (χ1n) is 6.82. The molecule has 112 valence electrons. The van der Waals surface area contributed by atoms with Gasteiger partial charge in [0, 0.05) is 12.6 Å². The molecule has 0 saturated carbocycles. The number of nitrogens with one attached hydrogen (secondary N) is 1. The number of benzene rings is 1. The summed E-state index contributed by atoms with van der Waals surface area (Å²) in [4.78, 5) is 12.0. The van der Waals surface area contributed by atoms with Gasteiger partial charge in [-0.15, -0.1) is 0 Å². The SMILES string of the molecule is NCCCCCC(CN)NC(=O)c1cccc(O)c1O. The molecule has 0 aromatic heterocycles. The average molecular weight is 281 g/mol. The highest BCUT2D eigenvalue weighted by molar-refractivity contribution is 5.97. The first kappa shape index (κ1) is 16.3. The molecule has 0 aliphatic carbocycles. The van der Waals surface area contributed by atoms with Crippen LogP contribution in [-0.2, 0) is 0 Å². The maximum atomic E-state index is 12.0. The van der Waals surface area contributed by atoms with Crippen LogP contribution in [0.15, 0.2) is 18.2 Å². The molecule has 6 nitrogen and oxygen atoms in total. The highest BCUT2D eigenvalue weighted by atomic mass is 16.3. The van der Waals surface area contributed by atoms with Crippen molar-refractivity contribution in [2.24, 2.45) is 11.5 Å². The topological polar surface area (TPSA) is 122 Å². The summed E-state index contributed by atoms with van der Waals surface area (Å²) in [6, 6.07) is 4.12. The van der Waals surface area contributed by atoms with Gasteiger partial charge in [0.15, 0.2) is 11.5 Å². The van der Waals surface area contributed by atoms with E-state index in [1.54, 1.807) is 0 Å². The number of carbonyl (C=O) groups is 1. The summed E-state index contributed by atoms with van der Waals surface area (Å²) in [5, 5.41) is 21.8. The van der Waals surface area contributed by atoms with Gasteiger partial charge in [0.1, 0.15) is 0 Å². The molecule has 20 heavy (non-hydrogen) atoms. The Morgan fingerprint density at radius 3 is 2.60 bits per heavy atom. The Morgan fingerprint density at radius 2 is 1.95 bits per heavy atom. The number of para-hydroxylation sites is 1. The molecular weight excluding hydrogens is 258 g/mol. The van der Waals surface area contributed by atoms with E-state index in [-0.39, 0.29) is 17.4 Å². The Hall–Kier alpha value is -1.79. The number of rotatable bonds is 8. The van der Waals surface area contributed by atoms with E-state index in [4.69, 9.17) is 11.5 Å². The summed E-state index contributed by atoms with van der Waals surface area (Å²) >= 11 is 0. The second-order valence-corrected chi connectivity index (χ2v) is 4.72. The molecule has 1 amide bonds. The molecule has 0 aliphatic rings. The summed E-state index contributed by atoms with van der Waals surface area (Å²) in [7, 11) is 0. The number of nitrogens with two attached hydrogens (primary N) is 2. The Morgan fingerprint density at radius 1 is 1.20 bits per heavy atom. The van der Waals surface area contributed by atoms with Crippen molar-refractivity contribution < 1.29 is 15.0 Å². The molecule has 0 spiro atoms. The zero-order chi connectivity index (χ0) is 15.0. The van der Waals surface area contributed by atoms with Crippen LogP contribution in [-0.4, -0.2) is 35.3 Å². The van der Waals surface area contributed by atoms with Crippen molar-refractivity contribution in [3.63, 3.8) is 0 Å². The minimum atomic E-state index is -0.437. The molecule has 1 aromatic carbocycles. The smallest absolute Gasteiger partial charge is 0.255 e. The summed E-state index contributed by atoms with van der Waals surface area (Å²) in [5.74, 6) is -1.17. The molecule has 0 radical (unpaired) electrons. The standard InChI is InChI=1S/C14H23N3O3/c15-8-3-1-2-5-10(9-16)17-14(20)11-6-4-7-12(18)13(11)19/h4,6-7,10,18-19H,1-3,5,8-9,15-16H2,(H,17,20). The van der Waals surface area contributed by atoms with Gasteiger partial charge in [-0.2, -0.15) is 0 Å². The summed E-state index contributed by atoms with van der Waals surface area (Å²) < 4.78 is 0. The molecule has 1 aromatic rings. The second-order valence-electron chi connectivity index (χ2n) is 4.72. The lowest BCUT2D eigenvalue weighted by atomic mass is 10.1. The number of hydrogen-bond donors (Lipinski definition) is 5. The van der Waals surface area contributed by atoms with Crippen molar-refractivity contribution >= 4 is 5.91 Å². The van der Waals surface area contributed by atoms with E-state index in [0.29, 0.717) is 13.1 Å². The van der Waals surface area contributed by atoms with Gasteiger partial charge in [-0.05, 0) is 31.5 Å². The predicted molar refractivity (Wildman–Crippen MR) is 77.6 cm³/mol. The minimum absolute atomic E-state index is 0.0467. The van der Waals surface area contributed by atoms with E-state index in [1.807, 2.05) is 0 Å². The lowest BCUT2D eigenvalue weighted by molar-refractivity contribution is 0.0932. The molecule has 7 N–H and O–H groups in total. The van der Waals surface area contributed by atoms with Gasteiger partial charge in [-0.1, -0.05) is 18.9 Å². The third-order valence-corrected chi connectivity index (χ3v) is 3.14. The van der Waals surface area contributed by atoms with Crippen LogP contribution >= 0.6 is 0 Å². The number of carbonyl (C=O) groups excluding carboxylic acids is 1. The van der Waals surface area contributed by atoms with E-state index in [9.17, 15) is 15.0 Å². The molecule has 6 heteroatoms. The number of unbranched alkanes of at least 4 members (excludes halogenated alkanes) is 2. The minimum Gasteiger partial charge on any atom is -0.504 e. The van der Waals surface area contributed by atoms with Crippen LogP contribution in [0.5, 0.6) is 11.5 Å². The van der Waals surface area contributed by atoms with E-state index < -0.39 is 11.7 Å². The monoisotopic (exact) mass is 281 g/mol. The molecular formula is C14H23N3O3. The number of amides is 1. The Balaban J connectivity index is 2.56. The number of hydrogen-bond acceptors (Lipinski definition) is 5. The van der Waals surface area contributed by atoms with Crippen LogP contribution < -0.4 is 16.8 Å². The predicted octanol–water partition coefficient (Wildman–Crippen LogP) is 0.674. The van der Waals surface area contributed by atoms with Gasteiger partial charge in [-0.25, -0.2) is 0 Å². The van der Waals surface area contributed by atoms with E-state index >= 15 is 0 Å². The second kappa shape index (κ2) is 8.39. The molecule has 0 aliphatic heterocycles. The van der Waals surface area contributed by atoms with Crippen molar-refractivity contribution in [3.05, 3.63) is 23.8 Å². The third-order valence-electron chi connectivity index (χ3n) is 3.14. The van der Waals surface area contributed by atoms with Gasteiger partial charge < -0.3 is 27.0 Å². The van der Waals surface area contributed by atoms with Crippen LogP contribution in [0.1, 0.15) is 36.0 Å². The van der Waals surface area contributed by atoms with E-state index in [2.05, 4.69) is 5.32 Å². The fourth-order valence-electron chi connectivity index (χ4n) is 1.94. The van der Waals surface area contributed by atoms with Gasteiger partial charge in [-0.3, -0.25) is 4.79 Å². The van der Waals surface area contributed by atoms with Crippen LogP contribution in [0.4, 0.5) is 0 Å². The number of phenolic OH excluding ortho intramolecular Hbond substituents is 2. The summed E-state index contributed by atoms with van der Waals surface area (Å²) in [6.45, 7) is 0.991. The average Bonchev–Trinajstić information content (AvgIpc) is 2.45. The molecule has 1 rings (SSSR count). The highest BCUT2D eigenvalue weighted by Crippen LogP contribution is 2.28. The van der Waals surface area contributed by atoms with E-state index in [1.165, 1.54) is 18.2 Å². The van der Waals surface area contributed by atoms with Crippen molar-refractivity contribution in [1.29, 1.82) is 0 Å². The quantitative estimate of drug-likeness (QED) is 0.354. The van der Waals surface area contributed by atoms with Crippen LogP contribution in [0, 0.1) is 0 Å². The van der Waals surface area contributed by atoms with E-state index in [0.717, 1.165) is 25.7 Å². The summed E-state index contributed by atoms with van der Waals surface area (Å²) in [6.07, 6.45) is 3.66. The Kier molecular flexibility index (Phi) is 6.83. The van der Waals surface area contributed by atoms with Gasteiger partial charge in [0.25, 0.3) is 5.91 Å². The molecule has 0 heterocycles. The molecule has 0 saturated heterocycles. The first-order chi connectivity index (χ1) is 9.60. The van der Waals surface area contributed by atoms with Crippen molar-refractivity contribution in [1.82, 2.24) is 5.32 Å². The normalized spacial score (nSPS) is 12.1. The molecule has 0 bridgehead atoms. The van der Waals surface area contributed by atoms with Gasteiger partial charge >= 0.3 is 0 Å². The van der Waals surface area contributed by atoms with Gasteiger partial charge in [0.2, 0.25) is 0 Å². The van der Waals surface area contributed by atoms with Crippen molar-refractivity contribution in [2.45, 2.75) is 31.7 Å². The maximum absolute atomic E-state index is 12.0.